The van der Waals surface area contributed by atoms with E-state index in [9.17, 15) is 9.59 Å². The highest BCUT2D eigenvalue weighted by atomic mass is 16.5. The van der Waals surface area contributed by atoms with E-state index in [0.717, 1.165) is 37.9 Å². The number of rotatable bonds is 6. The van der Waals surface area contributed by atoms with Crippen LogP contribution in [0.3, 0.4) is 0 Å². The van der Waals surface area contributed by atoms with Gasteiger partial charge in [-0.1, -0.05) is 19.1 Å². The third-order valence-electron chi connectivity index (χ3n) is 4.04. The van der Waals surface area contributed by atoms with E-state index < -0.39 is 0 Å². The molecule has 1 aliphatic heterocycles. The number of ether oxygens (including phenoxy) is 1. The number of hydrogen-bond acceptors (Lipinski definition) is 3. The first-order chi connectivity index (χ1) is 11.1. The molecule has 1 heterocycles. The van der Waals surface area contributed by atoms with Crippen LogP contribution < -0.4 is 10.1 Å². The normalized spacial score (nSPS) is 15.3. The number of nitrogens with zero attached hydrogens (tertiary/aromatic N) is 1. The summed E-state index contributed by atoms with van der Waals surface area (Å²) in [5.74, 6) is 0.824. The van der Waals surface area contributed by atoms with Gasteiger partial charge in [0.25, 0.3) is 5.91 Å². The van der Waals surface area contributed by atoms with Gasteiger partial charge in [0.1, 0.15) is 5.75 Å². The number of likely N-dealkylation sites (tertiary alicyclic amines) is 1. The molecular formula is C18H26N2O3. The number of hydrogen-bond donors (Lipinski definition) is 1. The molecule has 0 radical (unpaired) electrons. The van der Waals surface area contributed by atoms with Gasteiger partial charge in [0.05, 0.1) is 0 Å². The molecule has 0 spiro atoms. The predicted molar refractivity (Wildman–Crippen MR) is 89.3 cm³/mol. The number of piperidine rings is 1. The Balaban J connectivity index is 1.69. The lowest BCUT2D eigenvalue weighted by atomic mass is 10.0. The largest absolute Gasteiger partial charge is 0.484 e. The fourth-order valence-electron chi connectivity index (χ4n) is 2.77. The third-order valence-corrected chi connectivity index (χ3v) is 4.04. The summed E-state index contributed by atoms with van der Waals surface area (Å²) in [7, 11) is 0. The Labute approximate surface area is 138 Å². The molecule has 2 amide bonds. The maximum absolute atomic E-state index is 12.0. The molecule has 23 heavy (non-hydrogen) atoms. The van der Waals surface area contributed by atoms with Crippen LogP contribution in [0.25, 0.3) is 0 Å². The molecule has 0 aromatic heterocycles. The average Bonchev–Trinajstić information content (AvgIpc) is 2.54. The van der Waals surface area contributed by atoms with E-state index in [0.29, 0.717) is 12.2 Å². The number of amides is 2. The highest BCUT2D eigenvalue weighted by molar-refractivity contribution is 5.78. The monoisotopic (exact) mass is 318 g/mol. The number of nitrogens with one attached hydrogen (secondary N) is 1. The van der Waals surface area contributed by atoms with Gasteiger partial charge in [-0.05, 0) is 43.9 Å². The van der Waals surface area contributed by atoms with Crippen LogP contribution in [0.5, 0.6) is 5.75 Å². The van der Waals surface area contributed by atoms with Crippen LogP contribution in [0.2, 0.25) is 0 Å². The van der Waals surface area contributed by atoms with Crippen molar-refractivity contribution < 1.29 is 14.3 Å². The molecule has 126 valence electrons. The van der Waals surface area contributed by atoms with Crippen molar-refractivity contribution in [2.45, 2.75) is 45.6 Å². The van der Waals surface area contributed by atoms with Crippen LogP contribution in [0.4, 0.5) is 0 Å². The summed E-state index contributed by atoms with van der Waals surface area (Å²) in [5, 5.41) is 2.99. The summed E-state index contributed by atoms with van der Waals surface area (Å²) in [6.07, 6.45) is 3.12. The van der Waals surface area contributed by atoms with Crippen LogP contribution in [-0.2, 0) is 9.59 Å². The van der Waals surface area contributed by atoms with Gasteiger partial charge < -0.3 is 15.0 Å². The van der Waals surface area contributed by atoms with Crippen molar-refractivity contribution in [2.75, 3.05) is 19.7 Å². The SMILES string of the molecule is CCCC(=O)N1CCC(NC(=O)COc2cccc(C)c2)CC1. The quantitative estimate of drug-likeness (QED) is 0.875. The first-order valence-corrected chi connectivity index (χ1v) is 8.35. The lowest BCUT2D eigenvalue weighted by Crippen LogP contribution is -2.47. The molecule has 1 aromatic rings. The van der Waals surface area contributed by atoms with Gasteiger partial charge in [-0.15, -0.1) is 0 Å². The van der Waals surface area contributed by atoms with Crippen LogP contribution in [0.15, 0.2) is 24.3 Å². The van der Waals surface area contributed by atoms with Crippen molar-refractivity contribution in [2.24, 2.45) is 0 Å². The van der Waals surface area contributed by atoms with Gasteiger partial charge in [-0.25, -0.2) is 0 Å². The molecule has 1 N–H and O–H groups in total. The molecule has 1 saturated heterocycles. The predicted octanol–water partition coefficient (Wildman–Crippen LogP) is 2.28. The highest BCUT2D eigenvalue weighted by Crippen LogP contribution is 2.13. The Morgan fingerprint density at radius 3 is 2.70 bits per heavy atom. The molecule has 1 aliphatic rings. The average molecular weight is 318 g/mol. The van der Waals surface area contributed by atoms with Gasteiger partial charge in [0.2, 0.25) is 5.91 Å². The Hall–Kier alpha value is -2.04. The van der Waals surface area contributed by atoms with Gasteiger partial charge in [0.15, 0.2) is 6.61 Å². The summed E-state index contributed by atoms with van der Waals surface area (Å²) < 4.78 is 5.50. The molecule has 0 atom stereocenters. The van der Waals surface area contributed by atoms with E-state index in [1.54, 1.807) is 0 Å². The molecular weight excluding hydrogens is 292 g/mol. The van der Waals surface area contributed by atoms with E-state index in [1.165, 1.54) is 0 Å². The van der Waals surface area contributed by atoms with E-state index >= 15 is 0 Å². The Morgan fingerprint density at radius 1 is 1.30 bits per heavy atom. The van der Waals surface area contributed by atoms with Gasteiger partial charge in [0, 0.05) is 25.6 Å². The van der Waals surface area contributed by atoms with Gasteiger partial charge in [-0.2, -0.15) is 0 Å². The Morgan fingerprint density at radius 2 is 2.04 bits per heavy atom. The van der Waals surface area contributed by atoms with Crippen LogP contribution in [0, 0.1) is 6.92 Å². The summed E-state index contributed by atoms with van der Waals surface area (Å²) >= 11 is 0. The van der Waals surface area contributed by atoms with Gasteiger partial charge in [-0.3, -0.25) is 9.59 Å². The second-order valence-electron chi connectivity index (χ2n) is 6.08. The molecule has 0 saturated carbocycles. The minimum Gasteiger partial charge on any atom is -0.484 e. The summed E-state index contributed by atoms with van der Waals surface area (Å²) in [4.78, 5) is 25.7. The number of carbonyl (C=O) groups excluding carboxylic acids is 2. The zero-order valence-electron chi connectivity index (χ0n) is 14.0. The third kappa shape index (κ3) is 5.58. The minimum atomic E-state index is -0.107. The van der Waals surface area contributed by atoms with Crippen molar-refractivity contribution in [1.29, 1.82) is 0 Å². The maximum atomic E-state index is 12.0. The van der Waals surface area contributed by atoms with E-state index in [1.807, 2.05) is 43.0 Å². The van der Waals surface area contributed by atoms with E-state index in [-0.39, 0.29) is 24.5 Å². The number of aryl methyl sites for hydroxylation is 1. The topological polar surface area (TPSA) is 58.6 Å². The Bertz CT molecular complexity index is 537. The first kappa shape index (κ1) is 17.3. The number of benzene rings is 1. The van der Waals surface area contributed by atoms with Crippen LogP contribution in [0.1, 0.15) is 38.2 Å². The molecule has 0 unspecified atom stereocenters. The molecule has 1 fully saturated rings. The molecule has 0 bridgehead atoms. The smallest absolute Gasteiger partial charge is 0.258 e. The molecule has 1 aromatic carbocycles. The van der Waals surface area contributed by atoms with E-state index in [4.69, 9.17) is 4.74 Å². The molecule has 0 aliphatic carbocycles. The minimum absolute atomic E-state index is 0.0262. The van der Waals surface area contributed by atoms with Crippen LogP contribution in [-0.4, -0.2) is 42.5 Å². The van der Waals surface area contributed by atoms with Gasteiger partial charge >= 0.3 is 0 Å². The standard InChI is InChI=1S/C18H26N2O3/c1-3-5-18(22)20-10-8-15(9-11-20)19-17(21)13-23-16-7-4-6-14(2)12-16/h4,6-7,12,15H,3,5,8-11,13H2,1-2H3,(H,19,21). The molecule has 5 heteroatoms. The van der Waals surface area contributed by atoms with Crippen LogP contribution >= 0.6 is 0 Å². The second kappa shape index (κ2) is 8.56. The van der Waals surface area contributed by atoms with E-state index in [2.05, 4.69) is 5.32 Å². The first-order valence-electron chi connectivity index (χ1n) is 8.35. The van der Waals surface area contributed by atoms with Crippen molar-refractivity contribution in [3.63, 3.8) is 0 Å². The zero-order chi connectivity index (χ0) is 16.7. The van der Waals surface area contributed by atoms with Crippen molar-refractivity contribution >= 4 is 11.8 Å². The molecule has 5 nitrogen and oxygen atoms in total. The number of carbonyl (C=O) groups is 2. The maximum Gasteiger partial charge on any atom is 0.258 e. The zero-order valence-corrected chi connectivity index (χ0v) is 14.0. The lowest BCUT2D eigenvalue weighted by molar-refractivity contribution is -0.132. The van der Waals surface area contributed by atoms with Crippen molar-refractivity contribution in [3.8, 4) is 5.75 Å². The van der Waals surface area contributed by atoms with Crippen molar-refractivity contribution in [3.05, 3.63) is 29.8 Å². The summed E-state index contributed by atoms with van der Waals surface area (Å²) in [6.45, 7) is 5.48. The lowest BCUT2D eigenvalue weighted by Gasteiger charge is -2.32. The molecule has 2 rings (SSSR count). The highest BCUT2D eigenvalue weighted by Gasteiger charge is 2.23. The summed E-state index contributed by atoms with van der Waals surface area (Å²) in [6, 6.07) is 7.78. The van der Waals surface area contributed by atoms with Crippen molar-refractivity contribution in [1.82, 2.24) is 10.2 Å². The fraction of sp³-hybridized carbons (Fsp3) is 0.556. The summed E-state index contributed by atoms with van der Waals surface area (Å²) in [5.41, 5.74) is 1.10. The Kier molecular flexibility index (Phi) is 6.44. The second-order valence-corrected chi connectivity index (χ2v) is 6.08. The fourth-order valence-corrected chi connectivity index (χ4v) is 2.77.